The van der Waals surface area contributed by atoms with E-state index in [-0.39, 0.29) is 43.6 Å². The molecular weight excluding hydrogens is 391 g/mol. The van der Waals surface area contributed by atoms with Crippen LogP contribution in [0.3, 0.4) is 0 Å². The highest BCUT2D eigenvalue weighted by Crippen LogP contribution is 2.35. The Bertz CT molecular complexity index is 703. The summed E-state index contributed by atoms with van der Waals surface area (Å²) in [6.07, 6.45) is -4.56. The summed E-state index contributed by atoms with van der Waals surface area (Å²) in [5.41, 5.74) is -1.39. The van der Waals surface area contributed by atoms with Gasteiger partial charge in [-0.3, -0.25) is 9.59 Å². The van der Waals surface area contributed by atoms with Crippen molar-refractivity contribution in [3.63, 3.8) is 0 Å². The second-order valence-corrected chi connectivity index (χ2v) is 7.71. The van der Waals surface area contributed by atoms with Crippen LogP contribution < -0.4 is 20.3 Å². The minimum Gasteiger partial charge on any atom is -0.489 e. The smallest absolute Gasteiger partial charge is 0.416 e. The lowest BCUT2D eigenvalue weighted by molar-refractivity contribution is -0.862. The van der Waals surface area contributed by atoms with Gasteiger partial charge in [-0.25, -0.2) is 0 Å². The molecule has 0 saturated carbocycles. The average Bonchev–Trinajstić information content (AvgIpc) is 2.53. The molecule has 7 nitrogen and oxygen atoms in total. The standard InChI is InChI=1S/C19H28F3N3O4/c1-18(2,3)24-17(27)12-25(4)11-16(26)23-14-10-13(19(20,21)22)6-7-15(14)29-9-8-28-5/h6-7,10H,8-9,11-12H2,1-5H3,(H,23,26)(H,24,27)/p+1. The number of methoxy groups -OCH3 is 1. The number of alkyl halides is 3. The van der Waals surface area contributed by atoms with Gasteiger partial charge in [0.05, 0.1) is 24.9 Å². The second kappa shape index (κ2) is 10.4. The number of hydrogen-bond donors (Lipinski definition) is 3. The summed E-state index contributed by atoms with van der Waals surface area (Å²) in [5.74, 6) is -0.668. The molecule has 29 heavy (non-hydrogen) atoms. The fraction of sp³-hybridized carbons (Fsp3) is 0.579. The van der Waals surface area contributed by atoms with Gasteiger partial charge in [0.1, 0.15) is 12.4 Å². The molecule has 1 unspecified atom stereocenters. The van der Waals surface area contributed by atoms with Gasteiger partial charge in [0.25, 0.3) is 11.8 Å². The first kappa shape index (κ1) is 24.7. The van der Waals surface area contributed by atoms with Gasteiger partial charge in [0.15, 0.2) is 13.1 Å². The Kier molecular flexibility index (Phi) is 8.90. The van der Waals surface area contributed by atoms with E-state index in [0.717, 1.165) is 18.2 Å². The number of halogens is 3. The molecule has 0 fully saturated rings. The summed E-state index contributed by atoms with van der Waals surface area (Å²) >= 11 is 0. The van der Waals surface area contributed by atoms with Crippen molar-refractivity contribution < 1.29 is 37.1 Å². The normalized spacial score (nSPS) is 13.0. The first-order chi connectivity index (χ1) is 13.3. The number of anilines is 1. The van der Waals surface area contributed by atoms with Gasteiger partial charge in [-0.05, 0) is 39.0 Å². The number of amides is 2. The first-order valence-electron chi connectivity index (χ1n) is 9.07. The van der Waals surface area contributed by atoms with Crippen LogP contribution in [0.2, 0.25) is 0 Å². The molecule has 0 radical (unpaired) electrons. The highest BCUT2D eigenvalue weighted by atomic mass is 19.4. The molecule has 2 amide bonds. The van der Waals surface area contributed by atoms with E-state index in [0.29, 0.717) is 4.90 Å². The molecule has 0 aliphatic rings. The zero-order chi connectivity index (χ0) is 22.2. The molecule has 0 saturated heterocycles. The maximum absolute atomic E-state index is 13.0. The highest BCUT2D eigenvalue weighted by Gasteiger charge is 2.31. The Morgan fingerprint density at radius 1 is 1.07 bits per heavy atom. The minimum atomic E-state index is -4.56. The van der Waals surface area contributed by atoms with Crippen LogP contribution in [0.5, 0.6) is 5.75 Å². The predicted octanol–water partition coefficient (Wildman–Crippen LogP) is 1.10. The molecule has 1 aromatic carbocycles. The van der Waals surface area contributed by atoms with Gasteiger partial charge in [-0.15, -0.1) is 0 Å². The predicted molar refractivity (Wildman–Crippen MR) is 102 cm³/mol. The number of benzene rings is 1. The summed E-state index contributed by atoms with van der Waals surface area (Å²) < 4.78 is 49.3. The van der Waals surface area contributed by atoms with Crippen molar-refractivity contribution in [3.8, 4) is 5.75 Å². The topological polar surface area (TPSA) is 81.1 Å². The van der Waals surface area contributed by atoms with Crippen molar-refractivity contribution in [1.82, 2.24) is 5.32 Å². The van der Waals surface area contributed by atoms with Gasteiger partial charge in [-0.1, -0.05) is 0 Å². The van der Waals surface area contributed by atoms with Crippen LogP contribution in [0.1, 0.15) is 26.3 Å². The summed E-state index contributed by atoms with van der Waals surface area (Å²) in [4.78, 5) is 24.8. The van der Waals surface area contributed by atoms with E-state index in [2.05, 4.69) is 10.6 Å². The van der Waals surface area contributed by atoms with Crippen molar-refractivity contribution >= 4 is 17.5 Å². The van der Waals surface area contributed by atoms with Gasteiger partial charge in [-0.2, -0.15) is 13.2 Å². The van der Waals surface area contributed by atoms with E-state index in [1.165, 1.54) is 7.11 Å². The van der Waals surface area contributed by atoms with Crippen molar-refractivity contribution in [1.29, 1.82) is 0 Å². The fourth-order valence-corrected chi connectivity index (χ4v) is 2.43. The molecule has 0 aliphatic heterocycles. The first-order valence-corrected chi connectivity index (χ1v) is 9.07. The highest BCUT2D eigenvalue weighted by molar-refractivity contribution is 5.93. The summed E-state index contributed by atoms with van der Waals surface area (Å²) in [6.45, 7) is 5.81. The third kappa shape index (κ3) is 9.62. The quantitative estimate of drug-likeness (QED) is 0.523. The molecule has 1 atom stereocenters. The number of hydrogen-bond acceptors (Lipinski definition) is 4. The Labute approximate surface area is 168 Å². The molecule has 1 rings (SSSR count). The molecule has 0 heterocycles. The Morgan fingerprint density at radius 2 is 1.69 bits per heavy atom. The van der Waals surface area contributed by atoms with Crippen molar-refractivity contribution in [3.05, 3.63) is 23.8 Å². The third-order valence-corrected chi connectivity index (χ3v) is 3.57. The maximum atomic E-state index is 13.0. The zero-order valence-electron chi connectivity index (χ0n) is 17.3. The Balaban J connectivity index is 2.82. The van der Waals surface area contributed by atoms with E-state index in [1.54, 1.807) is 7.05 Å². The third-order valence-electron chi connectivity index (χ3n) is 3.57. The van der Waals surface area contributed by atoms with E-state index < -0.39 is 23.2 Å². The van der Waals surface area contributed by atoms with Crippen LogP contribution in [-0.2, 0) is 20.5 Å². The average molecular weight is 420 g/mol. The lowest BCUT2D eigenvalue weighted by atomic mass is 10.1. The van der Waals surface area contributed by atoms with E-state index in [4.69, 9.17) is 9.47 Å². The number of rotatable bonds is 9. The van der Waals surface area contributed by atoms with Gasteiger partial charge in [0.2, 0.25) is 0 Å². The molecule has 0 aliphatic carbocycles. The van der Waals surface area contributed by atoms with E-state index in [1.807, 2.05) is 20.8 Å². The Morgan fingerprint density at radius 3 is 2.24 bits per heavy atom. The van der Waals surface area contributed by atoms with E-state index >= 15 is 0 Å². The lowest BCUT2D eigenvalue weighted by Gasteiger charge is -2.22. The van der Waals surface area contributed by atoms with Gasteiger partial charge in [0, 0.05) is 12.6 Å². The molecule has 10 heteroatoms. The van der Waals surface area contributed by atoms with Crippen LogP contribution in [0.15, 0.2) is 18.2 Å². The molecular formula is C19H29F3N3O4+. The summed E-state index contributed by atoms with van der Waals surface area (Å²) in [6, 6.07) is 2.86. The summed E-state index contributed by atoms with van der Waals surface area (Å²) in [7, 11) is 3.11. The zero-order valence-corrected chi connectivity index (χ0v) is 17.3. The lowest BCUT2D eigenvalue weighted by Crippen LogP contribution is -3.11. The van der Waals surface area contributed by atoms with Crippen LogP contribution in [0.25, 0.3) is 0 Å². The molecule has 0 spiro atoms. The molecule has 0 aromatic heterocycles. The van der Waals surface area contributed by atoms with Gasteiger partial charge < -0.3 is 25.0 Å². The van der Waals surface area contributed by atoms with Crippen molar-refractivity contribution in [2.75, 3.05) is 45.8 Å². The fourth-order valence-electron chi connectivity index (χ4n) is 2.43. The summed E-state index contributed by atoms with van der Waals surface area (Å²) in [5, 5.41) is 5.23. The monoisotopic (exact) mass is 420 g/mol. The van der Waals surface area contributed by atoms with Crippen LogP contribution in [0.4, 0.5) is 18.9 Å². The van der Waals surface area contributed by atoms with Crippen molar-refractivity contribution in [2.24, 2.45) is 0 Å². The molecule has 3 N–H and O–H groups in total. The van der Waals surface area contributed by atoms with E-state index in [9.17, 15) is 22.8 Å². The number of quaternary nitrogens is 1. The van der Waals surface area contributed by atoms with Crippen LogP contribution >= 0.6 is 0 Å². The minimum absolute atomic E-state index is 0.0461. The number of likely N-dealkylation sites (N-methyl/N-ethyl adjacent to an activating group) is 1. The van der Waals surface area contributed by atoms with Crippen molar-refractivity contribution in [2.45, 2.75) is 32.5 Å². The largest absolute Gasteiger partial charge is 0.489 e. The molecule has 1 aromatic rings. The molecule has 164 valence electrons. The van der Waals surface area contributed by atoms with Crippen LogP contribution in [-0.4, -0.2) is 57.8 Å². The Hall–Kier alpha value is -2.33. The SMILES string of the molecule is COCCOc1ccc(C(F)(F)F)cc1NC(=O)C[NH+](C)CC(=O)NC(C)(C)C. The number of ether oxygens (including phenoxy) is 2. The number of nitrogens with one attached hydrogen (secondary N) is 3. The second-order valence-electron chi connectivity index (χ2n) is 7.71. The molecule has 0 bridgehead atoms. The maximum Gasteiger partial charge on any atom is 0.416 e. The number of carbonyl (C=O) groups is 2. The van der Waals surface area contributed by atoms with Crippen LogP contribution in [0, 0.1) is 0 Å². The number of carbonyl (C=O) groups excluding carboxylic acids is 2. The van der Waals surface area contributed by atoms with Gasteiger partial charge >= 0.3 is 6.18 Å².